The third-order valence-electron chi connectivity index (χ3n) is 9.93. The molecule has 0 unspecified atom stereocenters. The third-order valence-corrected chi connectivity index (χ3v) is 10.6. The molecule has 5 rings (SSSR count). The largest absolute Gasteiger partial charge is 0.452 e. The lowest BCUT2D eigenvalue weighted by molar-refractivity contribution is -0.221. The second-order valence-corrected chi connectivity index (χ2v) is 12.5. The Balaban J connectivity index is 1.62. The van der Waals surface area contributed by atoms with Gasteiger partial charge in [0, 0.05) is 22.7 Å². The molecule has 1 aromatic heterocycles. The molecule has 3 saturated carbocycles. The van der Waals surface area contributed by atoms with Crippen LogP contribution in [0.3, 0.4) is 0 Å². The minimum absolute atomic E-state index is 0.0262. The van der Waals surface area contributed by atoms with Crippen molar-refractivity contribution in [3.63, 3.8) is 0 Å². The number of thioether (sulfide) groups is 1. The van der Waals surface area contributed by atoms with Gasteiger partial charge >= 0.3 is 5.97 Å². The van der Waals surface area contributed by atoms with Crippen molar-refractivity contribution in [3.05, 3.63) is 47.5 Å². The Bertz CT molecular complexity index is 1280. The number of aliphatic hydroxyl groups is 2. The molecule has 0 aromatic carbocycles. The van der Waals surface area contributed by atoms with Crippen molar-refractivity contribution < 1.29 is 46.9 Å². The van der Waals surface area contributed by atoms with Crippen LogP contribution in [-0.2, 0) is 20.9 Å². The lowest BCUT2D eigenvalue weighted by Gasteiger charge is -2.63. The summed E-state index contributed by atoms with van der Waals surface area (Å²) in [6.07, 6.45) is -0.323. The number of furan rings is 1. The number of esters is 1. The molecule has 39 heavy (non-hydrogen) atoms. The molecule has 1 heterocycles. The summed E-state index contributed by atoms with van der Waals surface area (Å²) in [5.74, 6) is -4.25. The summed E-state index contributed by atoms with van der Waals surface area (Å²) in [7, 11) is 0. The van der Waals surface area contributed by atoms with Crippen molar-refractivity contribution in [2.45, 2.75) is 70.2 Å². The predicted octanol–water partition coefficient (Wildman–Crippen LogP) is 4.42. The minimum Gasteiger partial charge on any atom is -0.452 e. The fourth-order valence-corrected chi connectivity index (χ4v) is 8.93. The van der Waals surface area contributed by atoms with Crippen molar-refractivity contribution in [1.29, 1.82) is 0 Å². The smallest absolute Gasteiger partial charge is 0.375 e. The summed E-state index contributed by atoms with van der Waals surface area (Å²) >= 11 is 0.320. The van der Waals surface area contributed by atoms with Crippen LogP contribution < -0.4 is 0 Å². The van der Waals surface area contributed by atoms with Gasteiger partial charge in [0.1, 0.15) is 24.5 Å². The number of carbonyl (C=O) groups is 3. The van der Waals surface area contributed by atoms with Gasteiger partial charge in [0.2, 0.25) is 10.9 Å². The first-order chi connectivity index (χ1) is 18.3. The van der Waals surface area contributed by atoms with Gasteiger partial charge in [-0.25, -0.2) is 18.0 Å². The van der Waals surface area contributed by atoms with E-state index in [4.69, 9.17) is 9.15 Å². The van der Waals surface area contributed by atoms with E-state index in [1.54, 1.807) is 13.8 Å². The van der Waals surface area contributed by atoms with Crippen molar-refractivity contribution >= 4 is 28.6 Å². The summed E-state index contributed by atoms with van der Waals surface area (Å²) in [6.45, 7) is 4.24. The lowest BCUT2D eigenvalue weighted by atomic mass is 9.44. The molecule has 0 radical (unpaired) electrons. The Morgan fingerprint density at radius 2 is 1.95 bits per heavy atom. The number of alkyl halides is 3. The highest BCUT2D eigenvalue weighted by molar-refractivity contribution is 8.13. The van der Waals surface area contributed by atoms with Gasteiger partial charge in [-0.15, -0.1) is 0 Å². The predicted molar refractivity (Wildman–Crippen MR) is 135 cm³/mol. The molecule has 2 N–H and O–H groups in total. The zero-order chi connectivity index (χ0) is 28.5. The van der Waals surface area contributed by atoms with Crippen LogP contribution in [0.5, 0.6) is 0 Å². The number of halogens is 3. The molecule has 1 aromatic rings. The normalized spacial score (nSPS) is 42.8. The Labute approximate surface area is 227 Å². The van der Waals surface area contributed by atoms with Crippen LogP contribution in [0.2, 0.25) is 0 Å². The average molecular weight is 569 g/mol. The van der Waals surface area contributed by atoms with E-state index >= 15 is 8.78 Å². The number of aliphatic hydroxyl groups excluding tert-OH is 2. The van der Waals surface area contributed by atoms with Gasteiger partial charge in [-0.2, -0.15) is 0 Å². The van der Waals surface area contributed by atoms with E-state index in [1.165, 1.54) is 31.2 Å². The highest BCUT2D eigenvalue weighted by Crippen LogP contribution is 2.72. The van der Waals surface area contributed by atoms with Gasteiger partial charge in [0.05, 0.1) is 6.10 Å². The molecule has 4 aliphatic rings. The number of carbonyl (C=O) groups excluding carboxylic acids is 3. The molecule has 212 valence electrons. The molecule has 0 amide bonds. The molecular weight excluding hydrogens is 537 g/mol. The number of rotatable bonds is 5. The fourth-order valence-electron chi connectivity index (χ4n) is 8.14. The van der Waals surface area contributed by atoms with Gasteiger partial charge < -0.3 is 19.4 Å². The van der Waals surface area contributed by atoms with Crippen molar-refractivity contribution in [2.24, 2.45) is 28.6 Å². The fraction of sp³-hybridized carbons (Fsp3) is 0.607. The number of ketones is 1. The second-order valence-electron chi connectivity index (χ2n) is 11.6. The molecular formula is C28H31F3O7S. The maximum atomic E-state index is 17.4. The van der Waals surface area contributed by atoms with Crippen LogP contribution in [0.15, 0.2) is 40.4 Å². The zero-order valence-corrected chi connectivity index (χ0v) is 22.6. The van der Waals surface area contributed by atoms with Crippen molar-refractivity contribution in [3.8, 4) is 0 Å². The van der Waals surface area contributed by atoms with Crippen LogP contribution in [0, 0.1) is 28.6 Å². The maximum absolute atomic E-state index is 17.4. The van der Waals surface area contributed by atoms with Crippen molar-refractivity contribution in [2.75, 3.05) is 6.01 Å². The Hall–Kier alpha value is -2.37. The van der Waals surface area contributed by atoms with E-state index < -0.39 is 81.6 Å². The van der Waals surface area contributed by atoms with Crippen LogP contribution in [0.4, 0.5) is 13.2 Å². The van der Waals surface area contributed by atoms with Crippen molar-refractivity contribution in [1.82, 2.24) is 0 Å². The Kier molecular flexibility index (Phi) is 6.75. The van der Waals surface area contributed by atoms with Gasteiger partial charge in [0.25, 0.3) is 0 Å². The quantitative estimate of drug-likeness (QED) is 0.502. The molecule has 0 bridgehead atoms. The van der Waals surface area contributed by atoms with Gasteiger partial charge in [-0.1, -0.05) is 19.9 Å². The standard InChI is InChI=1S/C28H31F3O7S/c1-14-8-17-18-10-20(30)19-9-15(33)6-7-25(19,2)27(18,31)22(34)11-26(17,3)28(14,24(36)39-13-29)38-23(35)21-5-4-16(12-32)37-21/h4-7,9,14,17-18,20,22,32,34H,8,10-13H2,1-3H3/t14-,17+,18+,20+,22+,25+,26+,27+,28+/m1/s1. The molecule has 0 spiro atoms. The Morgan fingerprint density at radius 3 is 2.59 bits per heavy atom. The van der Waals surface area contributed by atoms with Gasteiger partial charge in [-0.3, -0.25) is 9.59 Å². The first kappa shape index (κ1) is 28.2. The van der Waals surface area contributed by atoms with Crippen LogP contribution >= 0.6 is 11.8 Å². The molecule has 3 fully saturated rings. The highest BCUT2D eigenvalue weighted by Gasteiger charge is 2.78. The van der Waals surface area contributed by atoms with E-state index in [2.05, 4.69) is 0 Å². The van der Waals surface area contributed by atoms with Gasteiger partial charge in [-0.05, 0) is 73.7 Å². The Morgan fingerprint density at radius 1 is 1.23 bits per heavy atom. The summed E-state index contributed by atoms with van der Waals surface area (Å²) in [6, 6.07) is 1.54. The summed E-state index contributed by atoms with van der Waals surface area (Å²) in [5, 5.41) is 20.0. The molecule has 9 atom stereocenters. The summed E-state index contributed by atoms with van der Waals surface area (Å²) in [5.41, 5.74) is -7.39. The summed E-state index contributed by atoms with van der Waals surface area (Å²) < 4.78 is 57.9. The second kappa shape index (κ2) is 9.34. The van der Waals surface area contributed by atoms with Gasteiger partial charge in [0.15, 0.2) is 17.1 Å². The zero-order valence-electron chi connectivity index (χ0n) is 21.8. The molecule has 4 aliphatic carbocycles. The lowest BCUT2D eigenvalue weighted by Crippen LogP contribution is -2.70. The maximum Gasteiger partial charge on any atom is 0.375 e. The highest BCUT2D eigenvalue weighted by atomic mass is 32.2. The van der Waals surface area contributed by atoms with Crippen LogP contribution in [0.25, 0.3) is 0 Å². The van der Waals surface area contributed by atoms with Crippen LogP contribution in [-0.4, -0.2) is 56.6 Å². The number of fused-ring (bicyclic) bond motifs is 5. The molecule has 11 heteroatoms. The minimum atomic E-state index is -2.38. The van der Waals surface area contributed by atoms with E-state index in [0.717, 1.165) is 6.08 Å². The molecule has 7 nitrogen and oxygen atoms in total. The molecule has 0 aliphatic heterocycles. The number of hydrogen-bond donors (Lipinski definition) is 2. The van der Waals surface area contributed by atoms with E-state index in [0.29, 0.717) is 11.8 Å². The van der Waals surface area contributed by atoms with E-state index in [-0.39, 0.29) is 36.4 Å². The average Bonchev–Trinajstić information content (AvgIpc) is 3.45. The molecule has 0 saturated heterocycles. The van der Waals surface area contributed by atoms with E-state index in [9.17, 15) is 29.0 Å². The topological polar surface area (TPSA) is 114 Å². The first-order valence-electron chi connectivity index (χ1n) is 12.9. The monoisotopic (exact) mass is 568 g/mol. The third kappa shape index (κ3) is 3.61. The number of hydrogen-bond acceptors (Lipinski definition) is 8. The number of ether oxygens (including phenoxy) is 1. The SMILES string of the molecule is C[C@@H]1C[C@H]2[C@@H]3C[C@H](F)C4=CC(=O)C=C[C@]4(C)[C@@]3(F)[C@@H](O)C[C@]2(C)[C@@]1(OC(=O)c1ccc(CO)o1)C(=O)SCF. The number of allylic oxidation sites excluding steroid dienone is 4. The van der Waals surface area contributed by atoms with Crippen LogP contribution in [0.1, 0.15) is 56.3 Å². The summed E-state index contributed by atoms with van der Waals surface area (Å²) in [4.78, 5) is 39.0. The first-order valence-corrected chi connectivity index (χ1v) is 13.9. The van der Waals surface area contributed by atoms with E-state index in [1.807, 2.05) is 0 Å².